The molecule has 0 heterocycles. The van der Waals surface area contributed by atoms with Crippen molar-refractivity contribution in [2.45, 2.75) is 13.5 Å². The number of aryl methyl sites for hydroxylation is 1. The number of hydrogen-bond donors (Lipinski definition) is 1. The van der Waals surface area contributed by atoms with Crippen LogP contribution in [0.1, 0.15) is 11.1 Å². The minimum atomic E-state index is -0.382. The van der Waals surface area contributed by atoms with Crippen LogP contribution >= 0.6 is 22.6 Å². The van der Waals surface area contributed by atoms with Gasteiger partial charge in [0.1, 0.15) is 0 Å². The predicted molar refractivity (Wildman–Crippen MR) is 84.3 cm³/mol. The molecule has 0 unspecified atom stereocenters. The molecule has 0 saturated carbocycles. The van der Waals surface area contributed by atoms with Gasteiger partial charge in [-0.1, -0.05) is 24.3 Å². The van der Waals surface area contributed by atoms with E-state index in [-0.39, 0.29) is 10.6 Å². The summed E-state index contributed by atoms with van der Waals surface area (Å²) in [5, 5.41) is 14.0. The summed E-state index contributed by atoms with van der Waals surface area (Å²) in [6.07, 6.45) is 0. The van der Waals surface area contributed by atoms with Crippen molar-refractivity contribution < 1.29 is 4.92 Å². The normalized spacial score (nSPS) is 10.2. The highest BCUT2D eigenvalue weighted by molar-refractivity contribution is 14.1. The molecular formula is C14H13IN2O2. The van der Waals surface area contributed by atoms with Gasteiger partial charge in [0.25, 0.3) is 5.69 Å². The molecule has 0 aliphatic heterocycles. The molecule has 2 aromatic carbocycles. The van der Waals surface area contributed by atoms with E-state index in [1.54, 1.807) is 12.1 Å². The highest BCUT2D eigenvalue weighted by Crippen LogP contribution is 2.24. The number of nitro groups is 1. The van der Waals surface area contributed by atoms with E-state index < -0.39 is 0 Å². The van der Waals surface area contributed by atoms with Gasteiger partial charge in [0.05, 0.1) is 4.92 Å². The number of non-ortho nitro benzene ring substituents is 1. The van der Waals surface area contributed by atoms with E-state index in [2.05, 4.69) is 47.0 Å². The Labute approximate surface area is 125 Å². The van der Waals surface area contributed by atoms with Crippen molar-refractivity contribution in [1.29, 1.82) is 0 Å². The summed E-state index contributed by atoms with van der Waals surface area (Å²) >= 11 is 2.10. The lowest BCUT2D eigenvalue weighted by atomic mass is 10.1. The maximum absolute atomic E-state index is 10.7. The van der Waals surface area contributed by atoms with E-state index >= 15 is 0 Å². The second-order valence-electron chi connectivity index (χ2n) is 4.20. The number of hydrogen-bond acceptors (Lipinski definition) is 3. The molecule has 0 fully saturated rings. The molecule has 0 aliphatic rings. The summed E-state index contributed by atoms with van der Waals surface area (Å²) in [6, 6.07) is 13.0. The van der Waals surface area contributed by atoms with Crippen LogP contribution in [-0.2, 0) is 6.54 Å². The van der Waals surface area contributed by atoms with E-state index in [1.807, 2.05) is 12.1 Å². The van der Waals surface area contributed by atoms with Crippen molar-refractivity contribution in [3.8, 4) is 0 Å². The number of benzene rings is 2. The summed E-state index contributed by atoms with van der Waals surface area (Å²) in [4.78, 5) is 10.3. The summed E-state index contributed by atoms with van der Waals surface area (Å²) in [5.41, 5.74) is 3.48. The first-order chi connectivity index (χ1) is 9.08. The average Bonchev–Trinajstić information content (AvgIpc) is 2.39. The van der Waals surface area contributed by atoms with E-state index in [0.717, 1.165) is 9.26 Å². The lowest BCUT2D eigenvalue weighted by Crippen LogP contribution is -2.03. The maximum Gasteiger partial charge on any atom is 0.270 e. The van der Waals surface area contributed by atoms with Crippen molar-refractivity contribution in [3.63, 3.8) is 0 Å². The van der Waals surface area contributed by atoms with Gasteiger partial charge >= 0.3 is 0 Å². The fraction of sp³-hybridized carbons (Fsp3) is 0.143. The molecule has 0 bridgehead atoms. The zero-order chi connectivity index (χ0) is 13.8. The van der Waals surface area contributed by atoms with Crippen LogP contribution in [0.25, 0.3) is 0 Å². The molecule has 0 aliphatic carbocycles. The van der Waals surface area contributed by atoms with E-state index in [0.29, 0.717) is 6.54 Å². The minimum absolute atomic E-state index is 0.117. The van der Waals surface area contributed by atoms with Gasteiger partial charge in [-0.3, -0.25) is 10.1 Å². The van der Waals surface area contributed by atoms with Gasteiger partial charge in [0.2, 0.25) is 0 Å². The van der Waals surface area contributed by atoms with Crippen LogP contribution in [0.3, 0.4) is 0 Å². The van der Waals surface area contributed by atoms with Crippen LogP contribution in [0.15, 0.2) is 42.5 Å². The van der Waals surface area contributed by atoms with E-state index in [9.17, 15) is 10.1 Å². The van der Waals surface area contributed by atoms with Crippen LogP contribution in [0.2, 0.25) is 0 Å². The first kappa shape index (κ1) is 13.8. The van der Waals surface area contributed by atoms with Crippen molar-refractivity contribution in [1.82, 2.24) is 0 Å². The number of anilines is 1. The van der Waals surface area contributed by atoms with Crippen LogP contribution < -0.4 is 5.32 Å². The number of rotatable bonds is 4. The Balaban J connectivity index is 2.12. The van der Waals surface area contributed by atoms with E-state index in [1.165, 1.54) is 17.2 Å². The number of nitro benzene ring substituents is 1. The molecule has 0 aromatic heterocycles. The molecule has 2 rings (SSSR count). The van der Waals surface area contributed by atoms with Gasteiger partial charge in [0, 0.05) is 27.9 Å². The Morgan fingerprint density at radius 3 is 2.63 bits per heavy atom. The topological polar surface area (TPSA) is 55.2 Å². The molecule has 2 aromatic rings. The van der Waals surface area contributed by atoms with Gasteiger partial charge in [-0.25, -0.2) is 0 Å². The number of nitrogens with zero attached hydrogens (tertiary/aromatic N) is 1. The zero-order valence-electron chi connectivity index (χ0n) is 10.4. The Hall–Kier alpha value is -1.63. The fourth-order valence-electron chi connectivity index (χ4n) is 1.76. The summed E-state index contributed by atoms with van der Waals surface area (Å²) < 4.78 is 0.848. The van der Waals surface area contributed by atoms with Gasteiger partial charge < -0.3 is 5.32 Å². The Kier molecular flexibility index (Phi) is 4.36. The smallest absolute Gasteiger partial charge is 0.270 e. The molecule has 0 amide bonds. The fourth-order valence-corrected chi connectivity index (χ4v) is 2.45. The first-order valence-corrected chi connectivity index (χ1v) is 6.88. The second-order valence-corrected chi connectivity index (χ2v) is 5.36. The highest BCUT2D eigenvalue weighted by atomic mass is 127. The molecule has 0 spiro atoms. The van der Waals surface area contributed by atoms with Crippen LogP contribution in [0.4, 0.5) is 11.4 Å². The number of nitrogens with one attached hydrogen (secondary N) is 1. The van der Waals surface area contributed by atoms with Gasteiger partial charge in [-0.05, 0) is 46.7 Å². The summed E-state index contributed by atoms with van der Waals surface area (Å²) in [6.45, 7) is 2.78. The second kappa shape index (κ2) is 6.01. The lowest BCUT2D eigenvalue weighted by Gasteiger charge is -2.10. The monoisotopic (exact) mass is 368 g/mol. The van der Waals surface area contributed by atoms with Crippen molar-refractivity contribution >= 4 is 34.0 Å². The first-order valence-electron chi connectivity index (χ1n) is 5.80. The third-order valence-electron chi connectivity index (χ3n) is 2.89. The third kappa shape index (κ3) is 3.44. The van der Waals surface area contributed by atoms with Gasteiger partial charge in [-0.15, -0.1) is 0 Å². The van der Waals surface area contributed by atoms with E-state index in [4.69, 9.17) is 0 Å². The van der Waals surface area contributed by atoms with Gasteiger partial charge in [-0.2, -0.15) is 0 Å². The molecule has 98 valence electrons. The Morgan fingerprint density at radius 1 is 1.26 bits per heavy atom. The molecule has 5 heteroatoms. The largest absolute Gasteiger partial charge is 0.380 e. The standard InChI is InChI=1S/C14H13IN2O2/c1-10-4-2-3-5-11(10)9-16-14-7-6-12(17(18)19)8-13(14)15/h2-8,16H,9H2,1H3. The number of halogens is 1. The molecule has 1 N–H and O–H groups in total. The molecular weight excluding hydrogens is 355 g/mol. The van der Waals surface area contributed by atoms with Crippen molar-refractivity contribution in [3.05, 3.63) is 67.3 Å². The lowest BCUT2D eigenvalue weighted by molar-refractivity contribution is -0.384. The van der Waals surface area contributed by atoms with Crippen molar-refractivity contribution in [2.75, 3.05) is 5.32 Å². The molecule has 0 saturated heterocycles. The molecule has 0 radical (unpaired) electrons. The minimum Gasteiger partial charge on any atom is -0.380 e. The zero-order valence-corrected chi connectivity index (χ0v) is 12.5. The Bertz CT molecular complexity index is 614. The maximum atomic E-state index is 10.7. The van der Waals surface area contributed by atoms with Crippen molar-refractivity contribution in [2.24, 2.45) is 0 Å². The molecule has 4 nitrogen and oxygen atoms in total. The Morgan fingerprint density at radius 2 is 2.00 bits per heavy atom. The summed E-state index contributed by atoms with van der Waals surface area (Å²) in [7, 11) is 0. The quantitative estimate of drug-likeness (QED) is 0.502. The molecule has 0 atom stereocenters. The average molecular weight is 368 g/mol. The SMILES string of the molecule is Cc1ccccc1CNc1ccc([N+](=O)[O-])cc1I. The van der Waals surface area contributed by atoms with Crippen LogP contribution in [0.5, 0.6) is 0 Å². The van der Waals surface area contributed by atoms with Gasteiger partial charge in [0.15, 0.2) is 0 Å². The predicted octanol–water partition coefficient (Wildman–Crippen LogP) is 4.12. The van der Waals surface area contributed by atoms with Crippen LogP contribution in [-0.4, -0.2) is 4.92 Å². The third-order valence-corrected chi connectivity index (χ3v) is 3.79. The molecule has 19 heavy (non-hydrogen) atoms. The van der Waals surface area contributed by atoms with Crippen LogP contribution in [0, 0.1) is 20.6 Å². The highest BCUT2D eigenvalue weighted by Gasteiger charge is 2.08. The summed E-state index contributed by atoms with van der Waals surface area (Å²) in [5.74, 6) is 0.